The molecular formula is C15H24BrNO3. The van der Waals surface area contributed by atoms with Crippen LogP contribution in [-0.2, 0) is 11.3 Å². The molecule has 0 amide bonds. The van der Waals surface area contributed by atoms with Crippen LogP contribution in [0.15, 0.2) is 16.6 Å². The van der Waals surface area contributed by atoms with E-state index in [1.807, 2.05) is 26.0 Å². The zero-order valence-electron chi connectivity index (χ0n) is 12.7. The number of hydrogen-bond acceptors (Lipinski definition) is 4. The third-order valence-corrected chi connectivity index (χ3v) is 3.24. The molecule has 0 aliphatic carbocycles. The van der Waals surface area contributed by atoms with Gasteiger partial charge in [-0.05, 0) is 38.9 Å². The number of methoxy groups -OCH3 is 2. The van der Waals surface area contributed by atoms with Gasteiger partial charge in [-0.15, -0.1) is 0 Å². The average molecular weight is 346 g/mol. The van der Waals surface area contributed by atoms with Gasteiger partial charge < -0.3 is 19.5 Å². The zero-order chi connectivity index (χ0) is 15.0. The van der Waals surface area contributed by atoms with E-state index in [4.69, 9.17) is 14.2 Å². The molecular weight excluding hydrogens is 322 g/mol. The Kier molecular flexibility index (Phi) is 7.95. The maximum Gasteiger partial charge on any atom is 0.165 e. The minimum Gasteiger partial charge on any atom is -0.493 e. The van der Waals surface area contributed by atoms with Crippen LogP contribution in [0.1, 0.15) is 25.8 Å². The van der Waals surface area contributed by atoms with Crippen molar-refractivity contribution in [1.29, 1.82) is 0 Å². The predicted molar refractivity (Wildman–Crippen MR) is 84.7 cm³/mol. The topological polar surface area (TPSA) is 39.7 Å². The Morgan fingerprint density at radius 1 is 1.20 bits per heavy atom. The summed E-state index contributed by atoms with van der Waals surface area (Å²) >= 11 is 3.48. The molecule has 0 spiro atoms. The molecule has 1 aromatic carbocycles. The maximum absolute atomic E-state index is 5.50. The Labute approximate surface area is 129 Å². The van der Waals surface area contributed by atoms with Crippen LogP contribution in [0.5, 0.6) is 11.5 Å². The molecule has 4 nitrogen and oxygen atoms in total. The van der Waals surface area contributed by atoms with Gasteiger partial charge in [0.1, 0.15) is 0 Å². The molecule has 1 N–H and O–H groups in total. The molecule has 5 heteroatoms. The molecule has 0 saturated heterocycles. The van der Waals surface area contributed by atoms with Crippen molar-refractivity contribution in [2.45, 2.75) is 32.9 Å². The van der Waals surface area contributed by atoms with Gasteiger partial charge in [0, 0.05) is 23.2 Å². The molecule has 0 aliphatic heterocycles. The Morgan fingerprint density at radius 3 is 2.55 bits per heavy atom. The number of benzene rings is 1. The van der Waals surface area contributed by atoms with Crippen LogP contribution >= 0.6 is 15.9 Å². The smallest absolute Gasteiger partial charge is 0.165 e. The van der Waals surface area contributed by atoms with Crippen molar-refractivity contribution in [2.75, 3.05) is 27.4 Å². The zero-order valence-corrected chi connectivity index (χ0v) is 14.2. The van der Waals surface area contributed by atoms with E-state index in [9.17, 15) is 0 Å². The number of nitrogens with one attached hydrogen (secondary N) is 1. The standard InChI is InChI=1S/C15H24BrNO3/c1-11(2)20-7-5-6-17-10-12-8-13(16)9-14(18-3)15(12)19-4/h8-9,11,17H,5-7,10H2,1-4H3. The summed E-state index contributed by atoms with van der Waals surface area (Å²) < 4.78 is 17.2. The first kappa shape index (κ1) is 17.3. The third-order valence-electron chi connectivity index (χ3n) is 2.79. The van der Waals surface area contributed by atoms with Crippen molar-refractivity contribution in [3.8, 4) is 11.5 Å². The average Bonchev–Trinajstić information content (AvgIpc) is 2.41. The van der Waals surface area contributed by atoms with Gasteiger partial charge in [-0.2, -0.15) is 0 Å². The quantitative estimate of drug-likeness (QED) is 0.696. The molecule has 0 aliphatic rings. The number of halogens is 1. The van der Waals surface area contributed by atoms with Crippen LogP contribution < -0.4 is 14.8 Å². The molecule has 114 valence electrons. The fourth-order valence-corrected chi connectivity index (χ4v) is 2.36. The lowest BCUT2D eigenvalue weighted by Gasteiger charge is -2.14. The molecule has 0 fully saturated rings. The normalized spacial score (nSPS) is 10.9. The second-order valence-corrected chi connectivity index (χ2v) is 5.67. The summed E-state index contributed by atoms with van der Waals surface area (Å²) in [6.07, 6.45) is 1.29. The minimum absolute atomic E-state index is 0.296. The Morgan fingerprint density at radius 2 is 1.95 bits per heavy atom. The van der Waals surface area contributed by atoms with E-state index in [1.165, 1.54) is 0 Å². The van der Waals surface area contributed by atoms with Crippen LogP contribution in [0.4, 0.5) is 0 Å². The lowest BCUT2D eigenvalue weighted by Crippen LogP contribution is -2.18. The first-order valence-corrected chi connectivity index (χ1v) is 7.60. The van der Waals surface area contributed by atoms with E-state index in [-0.39, 0.29) is 0 Å². The molecule has 0 atom stereocenters. The highest BCUT2D eigenvalue weighted by atomic mass is 79.9. The molecule has 0 saturated carbocycles. The van der Waals surface area contributed by atoms with E-state index in [0.29, 0.717) is 6.10 Å². The summed E-state index contributed by atoms with van der Waals surface area (Å²) in [6, 6.07) is 3.94. The largest absolute Gasteiger partial charge is 0.493 e. The van der Waals surface area contributed by atoms with Crippen LogP contribution in [0.25, 0.3) is 0 Å². The Bertz CT molecular complexity index is 410. The van der Waals surface area contributed by atoms with Crippen LogP contribution in [0.2, 0.25) is 0 Å². The lowest BCUT2D eigenvalue weighted by molar-refractivity contribution is 0.0770. The Balaban J connectivity index is 2.48. The number of hydrogen-bond donors (Lipinski definition) is 1. The van der Waals surface area contributed by atoms with Gasteiger partial charge >= 0.3 is 0 Å². The summed E-state index contributed by atoms with van der Waals surface area (Å²) in [6.45, 7) is 6.52. The summed E-state index contributed by atoms with van der Waals surface area (Å²) in [5, 5.41) is 3.39. The molecule has 0 bridgehead atoms. The molecule has 0 radical (unpaired) electrons. The fourth-order valence-electron chi connectivity index (χ4n) is 1.88. The highest BCUT2D eigenvalue weighted by Gasteiger charge is 2.11. The SMILES string of the molecule is COc1cc(Br)cc(CNCCCOC(C)C)c1OC. The molecule has 0 heterocycles. The van der Waals surface area contributed by atoms with E-state index in [2.05, 4.69) is 21.2 Å². The van der Waals surface area contributed by atoms with Gasteiger partial charge in [0.05, 0.1) is 20.3 Å². The monoisotopic (exact) mass is 345 g/mol. The van der Waals surface area contributed by atoms with Crippen molar-refractivity contribution >= 4 is 15.9 Å². The van der Waals surface area contributed by atoms with Crippen molar-refractivity contribution in [2.24, 2.45) is 0 Å². The van der Waals surface area contributed by atoms with Crippen molar-refractivity contribution in [1.82, 2.24) is 5.32 Å². The van der Waals surface area contributed by atoms with Crippen LogP contribution in [-0.4, -0.2) is 33.5 Å². The van der Waals surface area contributed by atoms with Gasteiger partial charge in [-0.25, -0.2) is 0 Å². The summed E-state index contributed by atoms with van der Waals surface area (Å²) in [5.41, 5.74) is 1.07. The maximum atomic E-state index is 5.50. The van der Waals surface area contributed by atoms with Gasteiger partial charge in [0.2, 0.25) is 0 Å². The second kappa shape index (κ2) is 9.21. The lowest BCUT2D eigenvalue weighted by atomic mass is 10.2. The van der Waals surface area contributed by atoms with Crippen molar-refractivity contribution < 1.29 is 14.2 Å². The molecule has 1 rings (SSSR count). The Hall–Kier alpha value is -0.780. The molecule has 1 aromatic rings. The first-order chi connectivity index (χ1) is 9.58. The number of ether oxygens (including phenoxy) is 3. The first-order valence-electron chi connectivity index (χ1n) is 6.81. The second-order valence-electron chi connectivity index (χ2n) is 4.75. The molecule has 0 aromatic heterocycles. The van der Waals surface area contributed by atoms with E-state index < -0.39 is 0 Å². The highest BCUT2D eigenvalue weighted by Crippen LogP contribution is 2.34. The van der Waals surface area contributed by atoms with Gasteiger partial charge in [-0.3, -0.25) is 0 Å². The van der Waals surface area contributed by atoms with E-state index in [0.717, 1.165) is 47.7 Å². The van der Waals surface area contributed by atoms with Gasteiger partial charge in [-0.1, -0.05) is 15.9 Å². The van der Waals surface area contributed by atoms with Crippen molar-refractivity contribution in [3.05, 3.63) is 22.2 Å². The third kappa shape index (κ3) is 5.69. The van der Waals surface area contributed by atoms with Gasteiger partial charge in [0.15, 0.2) is 11.5 Å². The predicted octanol–water partition coefficient (Wildman–Crippen LogP) is 3.37. The summed E-state index contributed by atoms with van der Waals surface area (Å²) in [4.78, 5) is 0. The van der Waals surface area contributed by atoms with E-state index >= 15 is 0 Å². The summed E-state index contributed by atoms with van der Waals surface area (Å²) in [7, 11) is 3.30. The van der Waals surface area contributed by atoms with Crippen LogP contribution in [0.3, 0.4) is 0 Å². The van der Waals surface area contributed by atoms with Gasteiger partial charge in [0.25, 0.3) is 0 Å². The fraction of sp³-hybridized carbons (Fsp3) is 0.600. The van der Waals surface area contributed by atoms with Crippen molar-refractivity contribution in [3.63, 3.8) is 0 Å². The van der Waals surface area contributed by atoms with Crippen LogP contribution in [0, 0.1) is 0 Å². The summed E-state index contributed by atoms with van der Waals surface area (Å²) in [5.74, 6) is 1.52. The molecule has 0 unspecified atom stereocenters. The number of rotatable bonds is 9. The minimum atomic E-state index is 0.296. The highest BCUT2D eigenvalue weighted by molar-refractivity contribution is 9.10. The van der Waals surface area contributed by atoms with E-state index in [1.54, 1.807) is 14.2 Å². The molecule has 20 heavy (non-hydrogen) atoms.